The Morgan fingerprint density at radius 3 is 2.60 bits per heavy atom. The van der Waals surface area contributed by atoms with Crippen LogP contribution < -0.4 is 10.6 Å². The van der Waals surface area contributed by atoms with E-state index in [9.17, 15) is 9.59 Å². The molecule has 1 aromatic carbocycles. The zero-order valence-corrected chi connectivity index (χ0v) is 12.3. The van der Waals surface area contributed by atoms with Crippen molar-refractivity contribution in [1.29, 1.82) is 0 Å². The van der Waals surface area contributed by atoms with E-state index >= 15 is 0 Å². The summed E-state index contributed by atoms with van der Waals surface area (Å²) in [6.45, 7) is 3.79. The molecule has 0 unspecified atom stereocenters. The highest BCUT2D eigenvalue weighted by Gasteiger charge is 2.08. The van der Waals surface area contributed by atoms with Crippen LogP contribution in [0.4, 0.5) is 5.69 Å². The molecule has 6 heteroatoms. The number of thiocarbonyl (C=S) groups is 1. The fourth-order valence-electron chi connectivity index (χ4n) is 1.62. The highest BCUT2D eigenvalue weighted by Crippen LogP contribution is 2.16. The van der Waals surface area contributed by atoms with E-state index in [1.807, 2.05) is 6.92 Å². The van der Waals surface area contributed by atoms with Gasteiger partial charge in [0.2, 0.25) is 5.91 Å². The first kappa shape index (κ1) is 16.1. The van der Waals surface area contributed by atoms with Gasteiger partial charge in [-0.2, -0.15) is 0 Å². The normalized spacial score (nSPS) is 9.90. The van der Waals surface area contributed by atoms with Crippen LogP contribution in [0.2, 0.25) is 0 Å². The van der Waals surface area contributed by atoms with Crippen LogP contribution in [-0.2, 0) is 4.79 Å². The van der Waals surface area contributed by atoms with E-state index in [0.29, 0.717) is 12.1 Å². The van der Waals surface area contributed by atoms with Crippen molar-refractivity contribution in [3.63, 3.8) is 0 Å². The Balaban J connectivity index is 2.62. The molecule has 0 saturated heterocycles. The van der Waals surface area contributed by atoms with Crippen molar-refractivity contribution in [3.8, 4) is 0 Å². The SMILES string of the molecule is CCCCC(=O)NC(=S)Nc1ccc(C(=O)O)cc1C. The predicted octanol–water partition coefficient (Wildman–Crippen LogP) is 2.70. The lowest BCUT2D eigenvalue weighted by molar-refractivity contribution is -0.119. The fraction of sp³-hybridized carbons (Fsp3) is 0.357. The van der Waals surface area contributed by atoms with Crippen LogP contribution in [0.3, 0.4) is 0 Å². The Bertz CT molecular complexity index is 529. The number of hydrogen-bond acceptors (Lipinski definition) is 3. The number of anilines is 1. The molecule has 0 aliphatic carbocycles. The van der Waals surface area contributed by atoms with Crippen LogP contribution >= 0.6 is 12.2 Å². The molecule has 0 saturated carbocycles. The van der Waals surface area contributed by atoms with Crippen molar-refractivity contribution in [2.75, 3.05) is 5.32 Å². The number of unbranched alkanes of at least 4 members (excludes halogenated alkanes) is 1. The van der Waals surface area contributed by atoms with E-state index in [1.165, 1.54) is 6.07 Å². The van der Waals surface area contributed by atoms with Crippen molar-refractivity contribution in [2.45, 2.75) is 33.1 Å². The average Bonchev–Trinajstić information content (AvgIpc) is 2.38. The van der Waals surface area contributed by atoms with Crippen LogP contribution in [-0.4, -0.2) is 22.1 Å². The van der Waals surface area contributed by atoms with Gasteiger partial charge >= 0.3 is 5.97 Å². The highest BCUT2D eigenvalue weighted by atomic mass is 32.1. The highest BCUT2D eigenvalue weighted by molar-refractivity contribution is 7.80. The first-order valence-corrected chi connectivity index (χ1v) is 6.79. The summed E-state index contributed by atoms with van der Waals surface area (Å²) in [5, 5.41) is 14.6. The van der Waals surface area contributed by atoms with Crippen molar-refractivity contribution in [2.24, 2.45) is 0 Å². The zero-order valence-electron chi connectivity index (χ0n) is 11.5. The molecule has 20 heavy (non-hydrogen) atoms. The van der Waals surface area contributed by atoms with E-state index < -0.39 is 5.97 Å². The molecule has 1 amide bonds. The molecule has 0 bridgehead atoms. The van der Waals surface area contributed by atoms with E-state index in [4.69, 9.17) is 17.3 Å². The number of hydrogen-bond donors (Lipinski definition) is 3. The summed E-state index contributed by atoms with van der Waals surface area (Å²) in [7, 11) is 0. The lowest BCUT2D eigenvalue weighted by Crippen LogP contribution is -2.34. The second-order valence-electron chi connectivity index (χ2n) is 4.44. The van der Waals surface area contributed by atoms with Gasteiger partial charge in [-0.25, -0.2) is 4.79 Å². The Hall–Kier alpha value is -1.95. The van der Waals surface area contributed by atoms with Crippen LogP contribution in [0.1, 0.15) is 42.1 Å². The quantitative estimate of drug-likeness (QED) is 0.728. The molecule has 1 rings (SSSR count). The number of benzene rings is 1. The second kappa shape index (κ2) is 7.59. The molecule has 3 N–H and O–H groups in total. The molecular weight excluding hydrogens is 276 g/mol. The standard InChI is InChI=1S/C14H18N2O3S/c1-3-4-5-12(17)16-14(20)15-11-7-6-10(13(18)19)8-9(11)2/h6-8H,3-5H2,1-2H3,(H,18,19)(H2,15,16,17,20). The molecule has 0 aliphatic rings. The van der Waals surface area contributed by atoms with Gasteiger partial charge in [-0.05, 0) is 49.3 Å². The number of amides is 1. The minimum Gasteiger partial charge on any atom is -0.478 e. The van der Waals surface area contributed by atoms with E-state index in [-0.39, 0.29) is 16.6 Å². The lowest BCUT2D eigenvalue weighted by Gasteiger charge is -2.12. The molecular formula is C14H18N2O3S. The van der Waals surface area contributed by atoms with Crippen molar-refractivity contribution in [3.05, 3.63) is 29.3 Å². The largest absolute Gasteiger partial charge is 0.478 e. The summed E-state index contributed by atoms with van der Waals surface area (Å²) in [4.78, 5) is 22.3. The number of carboxylic acids is 1. The Morgan fingerprint density at radius 1 is 1.35 bits per heavy atom. The minimum atomic E-state index is -0.977. The molecule has 108 valence electrons. The number of carbonyl (C=O) groups is 2. The summed E-state index contributed by atoms with van der Waals surface area (Å²) in [5.41, 5.74) is 1.64. The predicted molar refractivity (Wildman–Crippen MR) is 82.0 cm³/mol. The smallest absolute Gasteiger partial charge is 0.335 e. The van der Waals surface area contributed by atoms with Gasteiger partial charge in [0.15, 0.2) is 5.11 Å². The fourth-order valence-corrected chi connectivity index (χ4v) is 1.84. The molecule has 0 spiro atoms. The van der Waals surface area contributed by atoms with Crippen LogP contribution in [0.15, 0.2) is 18.2 Å². The number of nitrogens with one attached hydrogen (secondary N) is 2. The molecule has 0 atom stereocenters. The van der Waals surface area contributed by atoms with Crippen molar-refractivity contribution >= 4 is 34.9 Å². The third kappa shape index (κ3) is 4.97. The van der Waals surface area contributed by atoms with Gasteiger partial charge < -0.3 is 15.7 Å². The summed E-state index contributed by atoms with van der Waals surface area (Å²) in [6, 6.07) is 4.66. The second-order valence-corrected chi connectivity index (χ2v) is 4.85. The number of carbonyl (C=O) groups excluding carboxylic acids is 1. The molecule has 0 radical (unpaired) electrons. The summed E-state index contributed by atoms with van der Waals surface area (Å²) >= 11 is 5.05. The monoisotopic (exact) mass is 294 g/mol. The van der Waals surface area contributed by atoms with Gasteiger partial charge in [-0.3, -0.25) is 4.79 Å². The van der Waals surface area contributed by atoms with Gasteiger partial charge in [0, 0.05) is 12.1 Å². The first-order valence-electron chi connectivity index (χ1n) is 6.38. The van der Waals surface area contributed by atoms with Crippen LogP contribution in [0.25, 0.3) is 0 Å². The molecule has 0 heterocycles. The topological polar surface area (TPSA) is 78.4 Å². The third-order valence-electron chi connectivity index (χ3n) is 2.73. The Labute approximate surface area is 123 Å². The summed E-state index contributed by atoms with van der Waals surface area (Å²) < 4.78 is 0. The summed E-state index contributed by atoms with van der Waals surface area (Å²) in [5.74, 6) is -1.10. The van der Waals surface area contributed by atoms with E-state index in [2.05, 4.69) is 10.6 Å². The summed E-state index contributed by atoms with van der Waals surface area (Å²) in [6.07, 6.45) is 2.21. The Morgan fingerprint density at radius 2 is 2.05 bits per heavy atom. The van der Waals surface area contributed by atoms with Gasteiger partial charge in [0.05, 0.1) is 5.56 Å². The van der Waals surface area contributed by atoms with E-state index in [0.717, 1.165) is 18.4 Å². The molecule has 5 nitrogen and oxygen atoms in total. The van der Waals surface area contributed by atoms with Gasteiger partial charge in [-0.1, -0.05) is 13.3 Å². The lowest BCUT2D eigenvalue weighted by atomic mass is 10.1. The number of rotatable bonds is 5. The maximum atomic E-state index is 11.5. The van der Waals surface area contributed by atoms with E-state index in [1.54, 1.807) is 19.1 Å². The maximum absolute atomic E-state index is 11.5. The molecule has 1 aromatic rings. The van der Waals surface area contributed by atoms with Gasteiger partial charge in [0.1, 0.15) is 0 Å². The number of carboxylic acid groups (broad SMARTS) is 1. The van der Waals surface area contributed by atoms with Crippen molar-refractivity contribution < 1.29 is 14.7 Å². The first-order chi connectivity index (χ1) is 9.43. The van der Waals surface area contributed by atoms with Crippen LogP contribution in [0.5, 0.6) is 0 Å². The average molecular weight is 294 g/mol. The zero-order chi connectivity index (χ0) is 15.1. The molecule has 0 aromatic heterocycles. The number of aromatic carboxylic acids is 1. The van der Waals surface area contributed by atoms with Gasteiger partial charge in [-0.15, -0.1) is 0 Å². The van der Waals surface area contributed by atoms with Gasteiger partial charge in [0.25, 0.3) is 0 Å². The van der Waals surface area contributed by atoms with Crippen molar-refractivity contribution in [1.82, 2.24) is 5.32 Å². The Kier molecular flexibility index (Phi) is 6.11. The molecule has 0 fully saturated rings. The third-order valence-corrected chi connectivity index (χ3v) is 2.94. The number of aryl methyl sites for hydroxylation is 1. The molecule has 0 aliphatic heterocycles. The maximum Gasteiger partial charge on any atom is 0.335 e. The minimum absolute atomic E-state index is 0.121. The van der Waals surface area contributed by atoms with Crippen LogP contribution in [0, 0.1) is 6.92 Å².